The molecule has 0 nitrogen and oxygen atoms in total. The lowest BCUT2D eigenvalue weighted by molar-refractivity contribution is 0.207. The maximum Gasteiger partial charge on any atom is -0.0116 e. The molecule has 0 saturated carbocycles. The maximum absolute atomic E-state index is 3.71. The fourth-order valence-electron chi connectivity index (χ4n) is 2.19. The van der Waals surface area contributed by atoms with Gasteiger partial charge in [-0.2, -0.15) is 0 Å². The van der Waals surface area contributed by atoms with E-state index in [0.717, 1.165) is 0 Å². The summed E-state index contributed by atoms with van der Waals surface area (Å²) in [5.74, 6) is 1.30. The molecule has 2 unspecified atom stereocenters. The van der Waals surface area contributed by atoms with Crippen LogP contribution in [0, 0.1) is 17.3 Å². The second-order valence-corrected chi connectivity index (χ2v) is 4.63. The maximum atomic E-state index is 3.71. The summed E-state index contributed by atoms with van der Waals surface area (Å²) >= 11 is 0. The largest absolute Gasteiger partial charge is 0.0991 e. The smallest absolute Gasteiger partial charge is 0.0116 e. The molecular formula is C13H20. The van der Waals surface area contributed by atoms with E-state index in [9.17, 15) is 0 Å². The second kappa shape index (κ2) is 3.95. The molecule has 0 aromatic carbocycles. The van der Waals surface area contributed by atoms with Gasteiger partial charge in [0.25, 0.3) is 0 Å². The summed E-state index contributed by atoms with van der Waals surface area (Å²) in [5, 5.41) is 0. The van der Waals surface area contributed by atoms with Crippen molar-refractivity contribution < 1.29 is 0 Å². The molecule has 0 aromatic heterocycles. The Labute approximate surface area is 82.0 Å². The minimum Gasteiger partial charge on any atom is -0.0991 e. The van der Waals surface area contributed by atoms with E-state index in [2.05, 4.69) is 51.7 Å². The molecule has 0 N–H and O–H groups in total. The third kappa shape index (κ3) is 2.33. The first-order chi connectivity index (χ1) is 6.08. The Hall–Kier alpha value is -0.780. The second-order valence-electron chi connectivity index (χ2n) is 4.63. The highest BCUT2D eigenvalue weighted by Gasteiger charge is 2.31. The quantitative estimate of drug-likeness (QED) is 0.441. The molecule has 0 radical (unpaired) electrons. The van der Waals surface area contributed by atoms with Crippen molar-refractivity contribution in [2.24, 2.45) is 17.3 Å². The summed E-state index contributed by atoms with van der Waals surface area (Å²) in [7, 11) is 0. The Morgan fingerprint density at radius 3 is 2.69 bits per heavy atom. The molecule has 0 heteroatoms. The van der Waals surface area contributed by atoms with Crippen molar-refractivity contribution in [2.45, 2.75) is 27.2 Å². The van der Waals surface area contributed by atoms with Gasteiger partial charge in [0.05, 0.1) is 0 Å². The van der Waals surface area contributed by atoms with Gasteiger partial charge in [-0.1, -0.05) is 57.7 Å². The molecule has 0 aromatic rings. The molecule has 0 amide bonds. The molecule has 0 fully saturated rings. The van der Waals surface area contributed by atoms with E-state index in [4.69, 9.17) is 0 Å². The Morgan fingerprint density at radius 1 is 1.46 bits per heavy atom. The fraction of sp³-hybridized carbons (Fsp3) is 0.538. The topological polar surface area (TPSA) is 0 Å². The molecule has 0 aliphatic heterocycles. The van der Waals surface area contributed by atoms with E-state index in [1.807, 2.05) is 6.08 Å². The number of hydrogen-bond acceptors (Lipinski definition) is 0. The molecule has 0 saturated heterocycles. The van der Waals surface area contributed by atoms with Crippen molar-refractivity contribution in [3.63, 3.8) is 0 Å². The first-order valence-corrected chi connectivity index (χ1v) is 5.04. The zero-order chi connectivity index (χ0) is 9.90. The molecule has 0 bridgehead atoms. The van der Waals surface area contributed by atoms with Gasteiger partial charge in [-0.05, 0) is 23.7 Å². The van der Waals surface area contributed by atoms with Crippen molar-refractivity contribution in [1.82, 2.24) is 0 Å². The summed E-state index contributed by atoms with van der Waals surface area (Å²) in [6, 6.07) is 0. The highest BCUT2D eigenvalue weighted by atomic mass is 14.4. The van der Waals surface area contributed by atoms with Crippen LogP contribution in [0.4, 0.5) is 0 Å². The number of rotatable bonds is 2. The van der Waals surface area contributed by atoms with Gasteiger partial charge < -0.3 is 0 Å². The van der Waals surface area contributed by atoms with E-state index < -0.39 is 0 Å². The summed E-state index contributed by atoms with van der Waals surface area (Å²) in [6.07, 6.45) is 12.0. The number of hydrogen-bond donors (Lipinski definition) is 0. The Kier molecular flexibility index (Phi) is 3.13. The molecular weight excluding hydrogens is 156 g/mol. The molecule has 2 atom stereocenters. The lowest BCUT2D eigenvalue weighted by atomic mass is 9.67. The molecule has 1 aliphatic rings. The van der Waals surface area contributed by atoms with Gasteiger partial charge in [0.1, 0.15) is 0 Å². The van der Waals surface area contributed by atoms with Crippen molar-refractivity contribution in [2.75, 3.05) is 0 Å². The van der Waals surface area contributed by atoms with Crippen LogP contribution in [0.3, 0.4) is 0 Å². The van der Waals surface area contributed by atoms with Crippen LogP contribution in [0.25, 0.3) is 0 Å². The average molecular weight is 176 g/mol. The Morgan fingerprint density at radius 2 is 2.15 bits per heavy atom. The van der Waals surface area contributed by atoms with Crippen LogP contribution in [0.2, 0.25) is 0 Å². The van der Waals surface area contributed by atoms with E-state index in [0.29, 0.717) is 17.3 Å². The predicted molar refractivity (Wildman–Crippen MR) is 59.5 cm³/mol. The van der Waals surface area contributed by atoms with Crippen molar-refractivity contribution in [3.8, 4) is 0 Å². The van der Waals surface area contributed by atoms with E-state index >= 15 is 0 Å². The van der Waals surface area contributed by atoms with Crippen LogP contribution in [0.15, 0.2) is 37.0 Å². The van der Waals surface area contributed by atoms with Crippen molar-refractivity contribution in [3.05, 3.63) is 37.0 Å². The molecule has 72 valence electrons. The Bertz CT molecular complexity index is 230. The summed E-state index contributed by atoms with van der Waals surface area (Å²) < 4.78 is 0. The van der Waals surface area contributed by atoms with Crippen LogP contribution in [-0.4, -0.2) is 0 Å². The third-order valence-electron chi connectivity index (χ3n) is 3.01. The first-order valence-electron chi connectivity index (χ1n) is 5.04. The van der Waals surface area contributed by atoms with Crippen LogP contribution in [-0.2, 0) is 0 Å². The van der Waals surface area contributed by atoms with Gasteiger partial charge in [-0.15, -0.1) is 0 Å². The Balaban J connectivity index is 2.83. The van der Waals surface area contributed by atoms with Crippen molar-refractivity contribution in [1.29, 1.82) is 0 Å². The van der Waals surface area contributed by atoms with Crippen LogP contribution < -0.4 is 0 Å². The minimum atomic E-state index is 0.397. The normalized spacial score (nSPS) is 32.2. The van der Waals surface area contributed by atoms with Crippen molar-refractivity contribution >= 4 is 0 Å². The van der Waals surface area contributed by atoms with Gasteiger partial charge in [-0.25, -0.2) is 0 Å². The third-order valence-corrected chi connectivity index (χ3v) is 3.01. The van der Waals surface area contributed by atoms with E-state index in [-0.39, 0.29) is 0 Å². The van der Waals surface area contributed by atoms with Gasteiger partial charge in [0.15, 0.2) is 0 Å². The molecule has 0 heterocycles. The SMILES string of the molecule is C=CC=CC1C(C)C=CCC1(C)C. The van der Waals surface area contributed by atoms with E-state index in [1.54, 1.807) is 0 Å². The number of allylic oxidation sites excluding steroid dienone is 5. The summed E-state index contributed by atoms with van der Waals surface area (Å²) in [6.45, 7) is 10.7. The fourth-order valence-corrected chi connectivity index (χ4v) is 2.19. The summed E-state index contributed by atoms with van der Waals surface area (Å²) in [5.41, 5.74) is 0.397. The predicted octanol–water partition coefficient (Wildman–Crippen LogP) is 3.97. The first kappa shape index (κ1) is 10.3. The molecule has 0 spiro atoms. The average Bonchev–Trinajstić information content (AvgIpc) is 2.02. The summed E-state index contributed by atoms with van der Waals surface area (Å²) in [4.78, 5) is 0. The molecule has 1 aliphatic carbocycles. The van der Waals surface area contributed by atoms with Gasteiger partial charge in [0, 0.05) is 0 Å². The lowest BCUT2D eigenvalue weighted by Gasteiger charge is -2.38. The van der Waals surface area contributed by atoms with Crippen LogP contribution in [0.1, 0.15) is 27.2 Å². The van der Waals surface area contributed by atoms with E-state index in [1.165, 1.54) is 6.42 Å². The zero-order valence-electron chi connectivity index (χ0n) is 8.96. The molecule has 1 rings (SSSR count). The van der Waals surface area contributed by atoms with Crippen LogP contribution >= 0.6 is 0 Å². The zero-order valence-corrected chi connectivity index (χ0v) is 8.96. The lowest BCUT2D eigenvalue weighted by Crippen LogP contribution is -2.29. The monoisotopic (exact) mass is 176 g/mol. The highest BCUT2D eigenvalue weighted by molar-refractivity contribution is 5.12. The van der Waals surface area contributed by atoms with Gasteiger partial charge in [0.2, 0.25) is 0 Å². The molecule has 13 heavy (non-hydrogen) atoms. The van der Waals surface area contributed by atoms with Gasteiger partial charge in [-0.3, -0.25) is 0 Å². The highest BCUT2D eigenvalue weighted by Crippen LogP contribution is 2.41. The minimum absolute atomic E-state index is 0.397. The van der Waals surface area contributed by atoms with Gasteiger partial charge >= 0.3 is 0 Å². The van der Waals surface area contributed by atoms with Crippen LogP contribution in [0.5, 0.6) is 0 Å². The standard InChI is InChI=1S/C13H20/c1-5-6-9-12-11(2)8-7-10-13(12,3)4/h5-9,11-12H,1,10H2,2-4H3.